The van der Waals surface area contributed by atoms with E-state index in [1.165, 1.54) is 0 Å². The quantitative estimate of drug-likeness (QED) is 0.832. The van der Waals surface area contributed by atoms with Crippen molar-refractivity contribution in [3.8, 4) is 0 Å². The Labute approximate surface area is 107 Å². The van der Waals surface area contributed by atoms with E-state index in [4.69, 9.17) is 10.5 Å². The van der Waals surface area contributed by atoms with E-state index >= 15 is 0 Å². The Bertz CT molecular complexity index is 436. The maximum atomic E-state index is 12.4. The van der Waals surface area contributed by atoms with Gasteiger partial charge in [-0.2, -0.15) is 0 Å². The monoisotopic (exact) mass is 249 g/mol. The summed E-state index contributed by atoms with van der Waals surface area (Å²) in [6.07, 6.45) is 1.62. The Hall–Kier alpha value is -1.46. The van der Waals surface area contributed by atoms with E-state index in [1.807, 2.05) is 13.8 Å². The third-order valence-corrected chi connectivity index (χ3v) is 3.02. The summed E-state index contributed by atoms with van der Waals surface area (Å²) in [7, 11) is 0. The molecule has 1 aromatic rings. The zero-order valence-electron chi connectivity index (χ0n) is 10.8. The zero-order valence-corrected chi connectivity index (χ0v) is 10.8. The number of nitrogens with two attached hydrogens (primary N) is 1. The van der Waals surface area contributed by atoms with Crippen molar-refractivity contribution in [2.45, 2.75) is 26.1 Å². The number of nitrogens with zero attached hydrogens (tertiary/aromatic N) is 2. The minimum absolute atomic E-state index is 0.0223. The van der Waals surface area contributed by atoms with Crippen LogP contribution in [-0.2, 0) is 4.74 Å². The molecule has 5 heteroatoms. The van der Waals surface area contributed by atoms with Gasteiger partial charge in [0.05, 0.1) is 12.2 Å². The molecular formula is C13H19N3O2. The van der Waals surface area contributed by atoms with Crippen LogP contribution in [0.25, 0.3) is 0 Å². The number of morpholine rings is 1. The number of pyridine rings is 1. The summed E-state index contributed by atoms with van der Waals surface area (Å²) >= 11 is 0. The first-order valence-electron chi connectivity index (χ1n) is 6.17. The second-order valence-corrected chi connectivity index (χ2v) is 4.70. The van der Waals surface area contributed by atoms with Crippen LogP contribution in [0.4, 0.5) is 0 Å². The van der Waals surface area contributed by atoms with Gasteiger partial charge in [0.15, 0.2) is 0 Å². The lowest BCUT2D eigenvalue weighted by Gasteiger charge is -2.36. The zero-order chi connectivity index (χ0) is 13.1. The lowest BCUT2D eigenvalue weighted by molar-refractivity contribution is -0.0625. The van der Waals surface area contributed by atoms with Gasteiger partial charge in [0.25, 0.3) is 5.91 Å². The van der Waals surface area contributed by atoms with Crippen LogP contribution in [0, 0.1) is 6.92 Å². The fourth-order valence-electron chi connectivity index (χ4n) is 2.20. The number of carbonyl (C=O) groups excluding carboxylic acids is 1. The highest BCUT2D eigenvalue weighted by Crippen LogP contribution is 2.14. The molecule has 2 heterocycles. The predicted octanol–water partition coefficient (Wildman–Crippen LogP) is 0.578. The van der Waals surface area contributed by atoms with Gasteiger partial charge in [-0.25, -0.2) is 0 Å². The lowest BCUT2D eigenvalue weighted by atomic mass is 10.1. The molecule has 2 N–H and O–H groups in total. The predicted molar refractivity (Wildman–Crippen MR) is 68.3 cm³/mol. The number of hydrogen-bond donors (Lipinski definition) is 1. The summed E-state index contributed by atoms with van der Waals surface area (Å²) in [5.41, 5.74) is 7.14. The van der Waals surface area contributed by atoms with Crippen molar-refractivity contribution in [2.75, 3.05) is 19.6 Å². The van der Waals surface area contributed by atoms with E-state index in [2.05, 4.69) is 4.98 Å². The first kappa shape index (κ1) is 13.0. The van der Waals surface area contributed by atoms with E-state index < -0.39 is 0 Å². The minimum atomic E-state index is -0.0689. The summed E-state index contributed by atoms with van der Waals surface area (Å²) in [4.78, 5) is 18.3. The first-order chi connectivity index (χ1) is 8.60. The third kappa shape index (κ3) is 2.86. The van der Waals surface area contributed by atoms with Crippen LogP contribution >= 0.6 is 0 Å². The van der Waals surface area contributed by atoms with Gasteiger partial charge in [0.1, 0.15) is 0 Å². The third-order valence-electron chi connectivity index (χ3n) is 3.02. The number of hydrogen-bond acceptors (Lipinski definition) is 4. The van der Waals surface area contributed by atoms with Gasteiger partial charge < -0.3 is 15.4 Å². The standard InChI is InChI=1S/C13H19N3O2/c1-9-5-11(3-4-15-9)13(17)16-7-10(2)18-12(6-14)8-16/h3-5,10,12H,6-8,14H2,1-2H3. The summed E-state index contributed by atoms with van der Waals surface area (Å²) in [5.74, 6) is 0.0223. The van der Waals surface area contributed by atoms with Crippen LogP contribution in [0.5, 0.6) is 0 Å². The van der Waals surface area contributed by atoms with Crippen molar-refractivity contribution in [1.29, 1.82) is 0 Å². The number of aromatic nitrogens is 1. The molecule has 1 aliphatic rings. The van der Waals surface area contributed by atoms with Gasteiger partial charge >= 0.3 is 0 Å². The van der Waals surface area contributed by atoms with Gasteiger partial charge in [-0.05, 0) is 26.0 Å². The van der Waals surface area contributed by atoms with Crippen LogP contribution in [-0.4, -0.2) is 47.6 Å². The summed E-state index contributed by atoms with van der Waals surface area (Å²) in [6.45, 7) is 5.43. The van der Waals surface area contributed by atoms with Crippen molar-refractivity contribution in [2.24, 2.45) is 5.73 Å². The highest BCUT2D eigenvalue weighted by Gasteiger charge is 2.28. The number of aryl methyl sites for hydroxylation is 1. The highest BCUT2D eigenvalue weighted by atomic mass is 16.5. The molecule has 5 nitrogen and oxygen atoms in total. The summed E-state index contributed by atoms with van der Waals surface area (Å²) < 4.78 is 5.64. The lowest BCUT2D eigenvalue weighted by Crippen LogP contribution is -2.51. The van der Waals surface area contributed by atoms with E-state index in [0.717, 1.165) is 5.69 Å². The minimum Gasteiger partial charge on any atom is -0.370 e. The van der Waals surface area contributed by atoms with Crippen LogP contribution in [0.15, 0.2) is 18.3 Å². The molecule has 0 aliphatic carbocycles. The molecule has 2 rings (SSSR count). The molecule has 0 saturated carbocycles. The number of amides is 1. The first-order valence-corrected chi connectivity index (χ1v) is 6.17. The van der Waals surface area contributed by atoms with Crippen molar-refractivity contribution in [1.82, 2.24) is 9.88 Å². The number of carbonyl (C=O) groups is 1. The van der Waals surface area contributed by atoms with Gasteiger partial charge in [-0.3, -0.25) is 9.78 Å². The fraction of sp³-hybridized carbons (Fsp3) is 0.538. The van der Waals surface area contributed by atoms with Crippen molar-refractivity contribution in [3.63, 3.8) is 0 Å². The molecule has 0 bridgehead atoms. The molecule has 18 heavy (non-hydrogen) atoms. The smallest absolute Gasteiger partial charge is 0.254 e. The van der Waals surface area contributed by atoms with Gasteiger partial charge in [0, 0.05) is 37.1 Å². The van der Waals surface area contributed by atoms with E-state index in [9.17, 15) is 4.79 Å². The van der Waals surface area contributed by atoms with E-state index in [-0.39, 0.29) is 18.1 Å². The largest absolute Gasteiger partial charge is 0.370 e. The Kier molecular flexibility index (Phi) is 3.93. The van der Waals surface area contributed by atoms with Gasteiger partial charge in [-0.15, -0.1) is 0 Å². The molecule has 0 spiro atoms. The molecular weight excluding hydrogens is 230 g/mol. The topological polar surface area (TPSA) is 68.5 Å². The van der Waals surface area contributed by atoms with Crippen molar-refractivity contribution in [3.05, 3.63) is 29.6 Å². The number of ether oxygens (including phenoxy) is 1. The molecule has 1 fully saturated rings. The molecule has 1 amide bonds. The van der Waals surface area contributed by atoms with Crippen LogP contribution < -0.4 is 5.73 Å². The van der Waals surface area contributed by atoms with E-state index in [1.54, 1.807) is 23.2 Å². The van der Waals surface area contributed by atoms with Crippen molar-refractivity contribution >= 4 is 5.91 Å². The average molecular weight is 249 g/mol. The Morgan fingerprint density at radius 2 is 2.39 bits per heavy atom. The highest BCUT2D eigenvalue weighted by molar-refractivity contribution is 5.94. The normalized spacial score (nSPS) is 24.1. The fourth-order valence-corrected chi connectivity index (χ4v) is 2.20. The molecule has 0 aromatic carbocycles. The molecule has 98 valence electrons. The van der Waals surface area contributed by atoms with Crippen LogP contribution in [0.2, 0.25) is 0 Å². The SMILES string of the molecule is Cc1cc(C(=O)N2CC(C)OC(CN)C2)ccn1. The maximum absolute atomic E-state index is 12.4. The Morgan fingerprint density at radius 1 is 1.61 bits per heavy atom. The number of rotatable bonds is 2. The Balaban J connectivity index is 2.13. The second kappa shape index (κ2) is 5.46. The molecule has 1 aromatic heterocycles. The maximum Gasteiger partial charge on any atom is 0.254 e. The molecule has 0 radical (unpaired) electrons. The average Bonchev–Trinajstić information content (AvgIpc) is 2.37. The van der Waals surface area contributed by atoms with E-state index in [0.29, 0.717) is 25.2 Å². The summed E-state index contributed by atoms with van der Waals surface area (Å²) in [6, 6.07) is 3.55. The van der Waals surface area contributed by atoms with Crippen LogP contribution in [0.3, 0.4) is 0 Å². The van der Waals surface area contributed by atoms with Gasteiger partial charge in [-0.1, -0.05) is 0 Å². The molecule has 2 atom stereocenters. The Morgan fingerprint density at radius 3 is 3.06 bits per heavy atom. The summed E-state index contributed by atoms with van der Waals surface area (Å²) in [5, 5.41) is 0. The van der Waals surface area contributed by atoms with Crippen molar-refractivity contribution < 1.29 is 9.53 Å². The molecule has 2 unspecified atom stereocenters. The van der Waals surface area contributed by atoms with Gasteiger partial charge in [0.2, 0.25) is 0 Å². The molecule has 1 saturated heterocycles. The second-order valence-electron chi connectivity index (χ2n) is 4.70. The molecule has 1 aliphatic heterocycles. The van der Waals surface area contributed by atoms with Crippen LogP contribution in [0.1, 0.15) is 23.0 Å².